The summed E-state index contributed by atoms with van der Waals surface area (Å²) in [4.78, 5) is 14.2. The van der Waals surface area contributed by atoms with Gasteiger partial charge in [0.25, 0.3) is 0 Å². The fourth-order valence-electron chi connectivity index (χ4n) is 2.01. The molecule has 0 bridgehead atoms. The maximum Gasteiger partial charge on any atom is 0.176 e. The van der Waals surface area contributed by atoms with Crippen LogP contribution < -0.4 is 0 Å². The Morgan fingerprint density at radius 2 is 1.84 bits per heavy atom. The average molecular weight is 302 g/mol. The molecule has 0 spiro atoms. The molecule has 0 saturated heterocycles. The molecule has 1 atom stereocenters. The van der Waals surface area contributed by atoms with Gasteiger partial charge in [-0.2, -0.15) is 0 Å². The molecule has 1 aromatic rings. The van der Waals surface area contributed by atoms with Gasteiger partial charge in [0.15, 0.2) is 5.78 Å². The minimum atomic E-state index is 0.0664. The van der Waals surface area contributed by atoms with Crippen LogP contribution in [0.4, 0.5) is 0 Å². The average Bonchev–Trinajstić information content (AvgIpc) is 2.31. The molecule has 0 N–H and O–H groups in total. The number of carbonyl (C=O) groups excluding carboxylic acids is 1. The Bertz CT molecular complexity index is 446. The lowest BCUT2D eigenvalue weighted by Gasteiger charge is -2.25. The van der Waals surface area contributed by atoms with Crippen molar-refractivity contribution in [1.29, 1.82) is 0 Å². The quantitative estimate of drug-likeness (QED) is 0.719. The SMILES string of the molecule is CC(C)CC(C)N(C)CC(=O)c1ccc(Cl)c(Cl)c1. The molecular weight excluding hydrogens is 281 g/mol. The first-order valence-electron chi connectivity index (χ1n) is 6.49. The Kier molecular flexibility index (Phi) is 6.31. The van der Waals surface area contributed by atoms with E-state index in [1.54, 1.807) is 18.2 Å². The zero-order valence-electron chi connectivity index (χ0n) is 11.9. The number of benzene rings is 1. The lowest BCUT2D eigenvalue weighted by Crippen LogP contribution is -2.34. The van der Waals surface area contributed by atoms with Crippen molar-refractivity contribution >= 4 is 29.0 Å². The van der Waals surface area contributed by atoms with Crippen LogP contribution in [0.25, 0.3) is 0 Å². The third-order valence-electron chi connectivity index (χ3n) is 3.20. The standard InChI is InChI=1S/C15H21Cl2NO/c1-10(2)7-11(3)18(4)9-15(19)12-5-6-13(16)14(17)8-12/h5-6,8,10-11H,7,9H2,1-4H3. The van der Waals surface area contributed by atoms with Crippen LogP contribution in [0.3, 0.4) is 0 Å². The molecule has 19 heavy (non-hydrogen) atoms. The maximum atomic E-state index is 12.2. The molecule has 0 aliphatic heterocycles. The molecule has 0 amide bonds. The Labute approximate surface area is 125 Å². The van der Waals surface area contributed by atoms with Crippen LogP contribution in [0, 0.1) is 5.92 Å². The molecule has 0 radical (unpaired) electrons. The highest BCUT2D eigenvalue weighted by Crippen LogP contribution is 2.23. The number of Topliss-reactive ketones (excluding diaryl/α,β-unsaturated/α-hetero) is 1. The van der Waals surface area contributed by atoms with E-state index in [0.717, 1.165) is 6.42 Å². The molecular formula is C15H21Cl2NO. The van der Waals surface area contributed by atoms with Crippen molar-refractivity contribution in [2.75, 3.05) is 13.6 Å². The van der Waals surface area contributed by atoms with E-state index >= 15 is 0 Å². The molecule has 4 heteroatoms. The zero-order chi connectivity index (χ0) is 14.6. The van der Waals surface area contributed by atoms with Gasteiger partial charge in [-0.05, 0) is 44.5 Å². The highest BCUT2D eigenvalue weighted by molar-refractivity contribution is 6.42. The smallest absolute Gasteiger partial charge is 0.176 e. The van der Waals surface area contributed by atoms with Gasteiger partial charge < -0.3 is 0 Å². The fraction of sp³-hybridized carbons (Fsp3) is 0.533. The van der Waals surface area contributed by atoms with Crippen molar-refractivity contribution in [2.24, 2.45) is 5.92 Å². The summed E-state index contributed by atoms with van der Waals surface area (Å²) in [5, 5.41) is 0.894. The highest BCUT2D eigenvalue weighted by atomic mass is 35.5. The van der Waals surface area contributed by atoms with Crippen LogP contribution in [-0.2, 0) is 0 Å². The first-order valence-corrected chi connectivity index (χ1v) is 7.25. The van der Waals surface area contributed by atoms with Gasteiger partial charge in [0, 0.05) is 11.6 Å². The Morgan fingerprint density at radius 3 is 2.37 bits per heavy atom. The Hall–Kier alpha value is -0.570. The van der Waals surface area contributed by atoms with Crippen LogP contribution in [0.5, 0.6) is 0 Å². The number of halogens is 2. The van der Waals surface area contributed by atoms with Gasteiger partial charge in [-0.3, -0.25) is 9.69 Å². The van der Waals surface area contributed by atoms with Crippen molar-refractivity contribution in [2.45, 2.75) is 33.2 Å². The monoisotopic (exact) mass is 301 g/mol. The summed E-state index contributed by atoms with van der Waals surface area (Å²) in [6, 6.07) is 5.39. The Morgan fingerprint density at radius 1 is 1.21 bits per heavy atom. The van der Waals surface area contributed by atoms with Gasteiger partial charge in [-0.15, -0.1) is 0 Å². The summed E-state index contributed by atoms with van der Waals surface area (Å²) in [6.07, 6.45) is 1.07. The summed E-state index contributed by atoms with van der Waals surface area (Å²) >= 11 is 11.8. The first-order chi connectivity index (χ1) is 8.81. The van der Waals surface area contributed by atoms with Crippen molar-refractivity contribution in [3.05, 3.63) is 33.8 Å². The molecule has 2 nitrogen and oxygen atoms in total. The van der Waals surface area contributed by atoms with Crippen LogP contribution in [0.1, 0.15) is 37.6 Å². The summed E-state index contributed by atoms with van der Waals surface area (Å²) in [7, 11) is 1.97. The number of carbonyl (C=O) groups is 1. The molecule has 0 aliphatic carbocycles. The second-order valence-electron chi connectivity index (χ2n) is 5.45. The van der Waals surface area contributed by atoms with E-state index in [4.69, 9.17) is 23.2 Å². The van der Waals surface area contributed by atoms with Crippen molar-refractivity contribution in [1.82, 2.24) is 4.90 Å². The van der Waals surface area contributed by atoms with E-state index in [1.807, 2.05) is 7.05 Å². The third-order valence-corrected chi connectivity index (χ3v) is 3.94. The van der Waals surface area contributed by atoms with Gasteiger partial charge in [0.2, 0.25) is 0 Å². The number of hydrogen-bond donors (Lipinski definition) is 0. The molecule has 1 aromatic carbocycles. The van der Waals surface area contributed by atoms with E-state index < -0.39 is 0 Å². The van der Waals surface area contributed by atoms with Crippen LogP contribution in [-0.4, -0.2) is 30.3 Å². The highest BCUT2D eigenvalue weighted by Gasteiger charge is 2.16. The van der Waals surface area contributed by atoms with Gasteiger partial charge in [-0.25, -0.2) is 0 Å². The lowest BCUT2D eigenvalue weighted by molar-refractivity contribution is 0.0916. The predicted molar refractivity (Wildman–Crippen MR) is 82.3 cm³/mol. The topological polar surface area (TPSA) is 20.3 Å². The molecule has 0 heterocycles. The lowest BCUT2D eigenvalue weighted by atomic mass is 10.0. The molecule has 1 unspecified atom stereocenters. The molecule has 0 aromatic heterocycles. The Balaban J connectivity index is 2.66. The second kappa shape index (κ2) is 7.28. The van der Waals surface area contributed by atoms with Crippen molar-refractivity contribution in [3.8, 4) is 0 Å². The second-order valence-corrected chi connectivity index (χ2v) is 6.26. The van der Waals surface area contributed by atoms with E-state index in [-0.39, 0.29) is 5.78 Å². The largest absolute Gasteiger partial charge is 0.296 e. The molecule has 0 aliphatic rings. The number of ketones is 1. The first kappa shape index (κ1) is 16.5. The van der Waals surface area contributed by atoms with Crippen molar-refractivity contribution in [3.63, 3.8) is 0 Å². The van der Waals surface area contributed by atoms with E-state index in [2.05, 4.69) is 25.7 Å². The normalized spacial score (nSPS) is 13.1. The number of nitrogens with zero attached hydrogens (tertiary/aromatic N) is 1. The van der Waals surface area contributed by atoms with Crippen molar-refractivity contribution < 1.29 is 4.79 Å². The fourth-order valence-corrected chi connectivity index (χ4v) is 2.30. The van der Waals surface area contributed by atoms with Gasteiger partial charge in [-0.1, -0.05) is 37.0 Å². The van der Waals surface area contributed by atoms with Crippen LogP contribution in [0.15, 0.2) is 18.2 Å². The maximum absolute atomic E-state index is 12.2. The third kappa shape index (κ3) is 5.13. The summed E-state index contributed by atoms with van der Waals surface area (Å²) in [5.41, 5.74) is 0.609. The summed E-state index contributed by atoms with van der Waals surface area (Å²) in [6.45, 7) is 6.91. The number of rotatable bonds is 6. The van der Waals surface area contributed by atoms with Gasteiger partial charge in [0.05, 0.1) is 16.6 Å². The molecule has 0 saturated carbocycles. The minimum Gasteiger partial charge on any atom is -0.296 e. The molecule has 0 fully saturated rings. The van der Waals surface area contributed by atoms with E-state index in [1.165, 1.54) is 0 Å². The van der Waals surface area contributed by atoms with E-state index in [0.29, 0.717) is 34.1 Å². The van der Waals surface area contributed by atoms with Crippen LogP contribution in [0.2, 0.25) is 10.0 Å². The molecule has 1 rings (SSSR count). The molecule has 106 valence electrons. The summed E-state index contributed by atoms with van der Waals surface area (Å²) in [5.74, 6) is 0.689. The number of likely N-dealkylation sites (N-methyl/N-ethyl adjacent to an activating group) is 1. The van der Waals surface area contributed by atoms with E-state index in [9.17, 15) is 4.79 Å². The number of hydrogen-bond acceptors (Lipinski definition) is 2. The summed E-state index contributed by atoms with van der Waals surface area (Å²) < 4.78 is 0. The van der Waals surface area contributed by atoms with Gasteiger partial charge in [0.1, 0.15) is 0 Å². The van der Waals surface area contributed by atoms with Crippen LogP contribution >= 0.6 is 23.2 Å². The van der Waals surface area contributed by atoms with Gasteiger partial charge >= 0.3 is 0 Å². The predicted octanol–water partition coefficient (Wildman–Crippen LogP) is 4.54. The minimum absolute atomic E-state index is 0.0664. The zero-order valence-corrected chi connectivity index (χ0v) is 13.4.